The predicted octanol–water partition coefficient (Wildman–Crippen LogP) is 3.73. The number of amides is 1. The van der Waals surface area contributed by atoms with Crippen molar-refractivity contribution in [2.24, 2.45) is 0 Å². The summed E-state index contributed by atoms with van der Waals surface area (Å²) in [5, 5.41) is 2.75. The van der Waals surface area contributed by atoms with Crippen molar-refractivity contribution in [2.75, 3.05) is 23.3 Å². The van der Waals surface area contributed by atoms with Crippen molar-refractivity contribution in [1.82, 2.24) is 4.98 Å². The molecule has 1 aromatic heterocycles. The first-order valence-electron chi connectivity index (χ1n) is 7.57. The Balaban J connectivity index is 2.03. The molecule has 5 heteroatoms. The van der Waals surface area contributed by atoms with Crippen LogP contribution in [0.15, 0.2) is 12.3 Å². The predicted molar refractivity (Wildman–Crippen MR) is 84.9 cm³/mol. The minimum Gasteiger partial charge on any atom is -0.444 e. The normalized spacial score (nSPS) is 15.7. The number of aryl methyl sites for hydroxylation is 1. The molecule has 1 N–H and O–H groups in total. The van der Waals surface area contributed by atoms with Gasteiger partial charge in [-0.1, -0.05) is 0 Å². The number of nitrogens with zero attached hydrogens (tertiary/aromatic N) is 2. The van der Waals surface area contributed by atoms with E-state index in [-0.39, 0.29) is 0 Å². The van der Waals surface area contributed by atoms with Gasteiger partial charge in [-0.3, -0.25) is 5.32 Å². The molecule has 0 radical (unpaired) electrons. The molecule has 1 aliphatic heterocycles. The van der Waals surface area contributed by atoms with Gasteiger partial charge >= 0.3 is 6.09 Å². The third-order valence-corrected chi connectivity index (χ3v) is 3.41. The summed E-state index contributed by atoms with van der Waals surface area (Å²) in [6.07, 6.45) is 5.01. The molecule has 21 heavy (non-hydrogen) atoms. The van der Waals surface area contributed by atoms with Crippen molar-refractivity contribution in [3.8, 4) is 0 Å². The summed E-state index contributed by atoms with van der Waals surface area (Å²) in [5.74, 6) is 0.988. The maximum Gasteiger partial charge on any atom is 0.412 e. The second kappa shape index (κ2) is 6.33. The Morgan fingerprint density at radius 2 is 1.95 bits per heavy atom. The lowest BCUT2D eigenvalue weighted by molar-refractivity contribution is 0.0635. The van der Waals surface area contributed by atoms with Gasteiger partial charge in [0, 0.05) is 13.1 Å². The van der Waals surface area contributed by atoms with E-state index in [1.54, 1.807) is 6.20 Å². The van der Waals surface area contributed by atoms with Gasteiger partial charge in [0.1, 0.15) is 11.4 Å². The molecule has 0 bridgehead atoms. The van der Waals surface area contributed by atoms with Crippen LogP contribution in [0.1, 0.15) is 45.6 Å². The van der Waals surface area contributed by atoms with Crippen LogP contribution in [0, 0.1) is 6.92 Å². The number of ether oxygens (including phenoxy) is 1. The van der Waals surface area contributed by atoms with Crippen LogP contribution in [-0.4, -0.2) is 29.8 Å². The van der Waals surface area contributed by atoms with E-state index in [1.807, 2.05) is 33.8 Å². The molecule has 1 amide bonds. The molecule has 5 nitrogen and oxygen atoms in total. The monoisotopic (exact) mass is 291 g/mol. The second-order valence-corrected chi connectivity index (χ2v) is 6.53. The number of hydrogen-bond donors (Lipinski definition) is 1. The Bertz CT molecular complexity index is 503. The van der Waals surface area contributed by atoms with Gasteiger partial charge in [0.2, 0.25) is 0 Å². The molecule has 0 spiro atoms. The first kappa shape index (κ1) is 15.6. The number of anilines is 2. The highest BCUT2D eigenvalue weighted by molar-refractivity contribution is 5.85. The van der Waals surface area contributed by atoms with Crippen LogP contribution < -0.4 is 10.2 Å². The smallest absolute Gasteiger partial charge is 0.412 e. The number of aromatic nitrogens is 1. The van der Waals surface area contributed by atoms with Gasteiger partial charge < -0.3 is 9.64 Å². The fourth-order valence-corrected chi connectivity index (χ4v) is 2.38. The number of carbonyl (C=O) groups is 1. The van der Waals surface area contributed by atoms with Gasteiger partial charge in [-0.2, -0.15) is 0 Å². The Labute approximate surface area is 126 Å². The van der Waals surface area contributed by atoms with E-state index in [0.29, 0.717) is 5.69 Å². The Hall–Kier alpha value is -1.78. The van der Waals surface area contributed by atoms with Crippen LogP contribution in [0.25, 0.3) is 0 Å². The Kier molecular flexibility index (Phi) is 4.70. The Morgan fingerprint density at radius 1 is 1.29 bits per heavy atom. The SMILES string of the molecule is Cc1cc(N2CCCCC2)ncc1NC(=O)OC(C)(C)C. The van der Waals surface area contributed by atoms with E-state index in [1.165, 1.54) is 19.3 Å². The molecular weight excluding hydrogens is 266 g/mol. The largest absolute Gasteiger partial charge is 0.444 e. The van der Waals surface area contributed by atoms with Crippen LogP contribution >= 0.6 is 0 Å². The maximum atomic E-state index is 11.8. The van der Waals surface area contributed by atoms with E-state index in [9.17, 15) is 4.79 Å². The van der Waals surface area contributed by atoms with Gasteiger partial charge in [0.05, 0.1) is 11.9 Å². The lowest BCUT2D eigenvalue weighted by atomic mass is 10.1. The van der Waals surface area contributed by atoms with Gasteiger partial charge in [-0.25, -0.2) is 9.78 Å². The van der Waals surface area contributed by atoms with Gasteiger partial charge in [0.25, 0.3) is 0 Å². The molecule has 2 heterocycles. The summed E-state index contributed by atoms with van der Waals surface area (Å²) in [6.45, 7) is 9.63. The molecule has 1 saturated heterocycles. The highest BCUT2D eigenvalue weighted by atomic mass is 16.6. The van der Waals surface area contributed by atoms with Crippen LogP contribution in [0.2, 0.25) is 0 Å². The van der Waals surface area contributed by atoms with E-state index in [4.69, 9.17) is 4.74 Å². The van der Waals surface area contributed by atoms with Crippen molar-refractivity contribution in [3.05, 3.63) is 17.8 Å². The quantitative estimate of drug-likeness (QED) is 0.902. The maximum absolute atomic E-state index is 11.8. The molecular formula is C16H25N3O2. The summed E-state index contributed by atoms with van der Waals surface area (Å²) in [6, 6.07) is 2.03. The summed E-state index contributed by atoms with van der Waals surface area (Å²) in [4.78, 5) is 18.6. The fraction of sp³-hybridized carbons (Fsp3) is 0.625. The van der Waals surface area contributed by atoms with Crippen LogP contribution in [0.5, 0.6) is 0 Å². The molecule has 1 aliphatic rings. The molecule has 0 aliphatic carbocycles. The van der Waals surface area contributed by atoms with Crippen molar-refractivity contribution in [2.45, 2.75) is 52.6 Å². The average Bonchev–Trinajstić information content (AvgIpc) is 2.40. The molecule has 0 atom stereocenters. The number of piperidine rings is 1. The van der Waals surface area contributed by atoms with Crippen molar-refractivity contribution in [3.63, 3.8) is 0 Å². The van der Waals surface area contributed by atoms with Crippen LogP contribution in [0.4, 0.5) is 16.3 Å². The minimum absolute atomic E-state index is 0.446. The van der Waals surface area contributed by atoms with E-state index >= 15 is 0 Å². The zero-order valence-electron chi connectivity index (χ0n) is 13.4. The first-order chi connectivity index (χ1) is 9.85. The first-order valence-corrected chi connectivity index (χ1v) is 7.57. The topological polar surface area (TPSA) is 54.5 Å². The Morgan fingerprint density at radius 3 is 2.52 bits per heavy atom. The summed E-state index contributed by atoms with van der Waals surface area (Å²) < 4.78 is 5.25. The van der Waals surface area contributed by atoms with E-state index in [0.717, 1.165) is 24.5 Å². The van der Waals surface area contributed by atoms with Gasteiger partial charge in [-0.15, -0.1) is 0 Å². The number of rotatable bonds is 2. The molecule has 0 unspecified atom stereocenters. The molecule has 116 valence electrons. The third-order valence-electron chi connectivity index (χ3n) is 3.41. The summed E-state index contributed by atoms with van der Waals surface area (Å²) in [5.41, 5.74) is 1.19. The molecule has 0 saturated carbocycles. The highest BCUT2D eigenvalue weighted by Crippen LogP contribution is 2.23. The van der Waals surface area contributed by atoms with Gasteiger partial charge in [-0.05, 0) is 58.6 Å². The third kappa shape index (κ3) is 4.62. The van der Waals surface area contributed by atoms with Gasteiger partial charge in [0.15, 0.2) is 0 Å². The number of pyridine rings is 1. The van der Waals surface area contributed by atoms with Crippen LogP contribution in [0.3, 0.4) is 0 Å². The van der Waals surface area contributed by atoms with Crippen molar-refractivity contribution in [1.29, 1.82) is 0 Å². The second-order valence-electron chi connectivity index (χ2n) is 6.53. The number of carbonyl (C=O) groups excluding carboxylic acids is 1. The highest BCUT2D eigenvalue weighted by Gasteiger charge is 2.18. The fourth-order valence-electron chi connectivity index (χ4n) is 2.38. The molecule has 0 aromatic carbocycles. The zero-order chi connectivity index (χ0) is 15.5. The summed E-state index contributed by atoms with van der Waals surface area (Å²) in [7, 11) is 0. The van der Waals surface area contributed by atoms with E-state index in [2.05, 4.69) is 15.2 Å². The van der Waals surface area contributed by atoms with E-state index < -0.39 is 11.7 Å². The molecule has 2 rings (SSSR count). The zero-order valence-corrected chi connectivity index (χ0v) is 13.4. The van der Waals surface area contributed by atoms with Crippen molar-refractivity contribution < 1.29 is 9.53 Å². The van der Waals surface area contributed by atoms with Crippen molar-refractivity contribution >= 4 is 17.6 Å². The summed E-state index contributed by atoms with van der Waals surface area (Å²) >= 11 is 0. The lowest BCUT2D eigenvalue weighted by Gasteiger charge is -2.28. The number of hydrogen-bond acceptors (Lipinski definition) is 4. The standard InChI is InChI=1S/C16H25N3O2/c1-12-10-14(19-8-6-5-7-9-19)17-11-13(12)18-15(20)21-16(2,3)4/h10-11H,5-9H2,1-4H3,(H,18,20). The minimum atomic E-state index is -0.501. The van der Waals surface area contributed by atoms with Crippen LogP contribution in [-0.2, 0) is 4.74 Å². The lowest BCUT2D eigenvalue weighted by Crippen LogP contribution is -2.30. The molecule has 1 aromatic rings. The average molecular weight is 291 g/mol. The number of nitrogens with one attached hydrogen (secondary N) is 1. The molecule has 1 fully saturated rings.